The van der Waals surface area contributed by atoms with Gasteiger partial charge in [-0.1, -0.05) is 70.2 Å². The highest BCUT2D eigenvalue weighted by Gasteiger charge is 2.14. The fourth-order valence-electron chi connectivity index (χ4n) is 2.64. The van der Waals surface area contributed by atoms with Crippen LogP contribution >= 0.6 is 39.0 Å². The van der Waals surface area contributed by atoms with Crippen LogP contribution in [0.3, 0.4) is 0 Å². The standard InChI is InChI=1S/C20H21BrN4OS2/c1-3-17(14-7-9-15(21)10-8-14)23-18(26)12-27-20-25-24-19(28-20)22-16-6-4-5-13(2)11-16/h4-11,17H,3,12H2,1-2H3,(H,22,24)(H,23,26)/t17-/m0/s1. The lowest BCUT2D eigenvalue weighted by atomic mass is 10.0. The van der Waals surface area contributed by atoms with Gasteiger partial charge in [0.1, 0.15) is 0 Å². The van der Waals surface area contributed by atoms with Gasteiger partial charge in [-0.3, -0.25) is 4.79 Å². The Hall–Kier alpha value is -1.90. The predicted molar refractivity (Wildman–Crippen MR) is 120 cm³/mol. The molecule has 0 bridgehead atoms. The summed E-state index contributed by atoms with van der Waals surface area (Å²) in [5.74, 6) is 0.301. The molecule has 0 saturated heterocycles. The molecule has 3 rings (SSSR count). The number of anilines is 2. The maximum Gasteiger partial charge on any atom is 0.230 e. The molecule has 1 aromatic heterocycles. The summed E-state index contributed by atoms with van der Waals surface area (Å²) in [6.07, 6.45) is 0.835. The van der Waals surface area contributed by atoms with Crippen molar-refractivity contribution in [2.45, 2.75) is 30.6 Å². The van der Waals surface area contributed by atoms with E-state index in [0.717, 1.165) is 31.6 Å². The number of aromatic nitrogens is 2. The Bertz CT molecular complexity index is 930. The number of benzene rings is 2. The Morgan fingerprint density at radius 2 is 2.00 bits per heavy atom. The number of hydrogen-bond acceptors (Lipinski definition) is 6. The topological polar surface area (TPSA) is 66.9 Å². The van der Waals surface area contributed by atoms with Crippen molar-refractivity contribution in [2.75, 3.05) is 11.1 Å². The zero-order valence-corrected chi connectivity index (χ0v) is 18.8. The second kappa shape index (κ2) is 10.0. The molecule has 1 heterocycles. The summed E-state index contributed by atoms with van der Waals surface area (Å²) in [5.41, 5.74) is 3.26. The summed E-state index contributed by atoms with van der Waals surface area (Å²) in [5, 5.41) is 15.4. The summed E-state index contributed by atoms with van der Waals surface area (Å²) in [4.78, 5) is 12.4. The van der Waals surface area contributed by atoms with Crippen LogP contribution < -0.4 is 10.6 Å². The molecule has 0 aliphatic rings. The van der Waals surface area contributed by atoms with Gasteiger partial charge in [0, 0.05) is 10.2 Å². The largest absolute Gasteiger partial charge is 0.349 e. The lowest BCUT2D eigenvalue weighted by Gasteiger charge is -2.17. The molecule has 146 valence electrons. The highest BCUT2D eigenvalue weighted by atomic mass is 79.9. The highest BCUT2D eigenvalue weighted by Crippen LogP contribution is 2.28. The van der Waals surface area contributed by atoms with Gasteiger partial charge in [0.25, 0.3) is 0 Å². The minimum absolute atomic E-state index is 0.00849. The van der Waals surface area contributed by atoms with Gasteiger partial charge in [-0.25, -0.2) is 0 Å². The first-order chi connectivity index (χ1) is 13.5. The van der Waals surface area contributed by atoms with Gasteiger partial charge in [0.15, 0.2) is 4.34 Å². The van der Waals surface area contributed by atoms with Crippen molar-refractivity contribution in [1.29, 1.82) is 0 Å². The van der Waals surface area contributed by atoms with Crippen molar-refractivity contribution in [1.82, 2.24) is 15.5 Å². The van der Waals surface area contributed by atoms with Crippen LogP contribution in [0.25, 0.3) is 0 Å². The summed E-state index contributed by atoms with van der Waals surface area (Å²) in [6, 6.07) is 16.1. The molecule has 1 amide bonds. The number of hydrogen-bond donors (Lipinski definition) is 2. The first-order valence-electron chi connectivity index (χ1n) is 8.88. The third-order valence-corrected chi connectivity index (χ3v) is 6.52. The van der Waals surface area contributed by atoms with Gasteiger partial charge in [-0.05, 0) is 48.7 Å². The predicted octanol–water partition coefficient (Wildman–Crippen LogP) is 5.71. The third kappa shape index (κ3) is 6.05. The van der Waals surface area contributed by atoms with Crippen LogP contribution in [0.1, 0.15) is 30.5 Å². The zero-order valence-electron chi connectivity index (χ0n) is 15.6. The number of rotatable bonds is 8. The quantitative estimate of drug-likeness (QED) is 0.407. The van der Waals surface area contributed by atoms with Gasteiger partial charge in [-0.15, -0.1) is 10.2 Å². The number of aryl methyl sites for hydroxylation is 1. The molecular formula is C20H21BrN4OS2. The van der Waals surface area contributed by atoms with Crippen molar-refractivity contribution in [3.63, 3.8) is 0 Å². The Kier molecular flexibility index (Phi) is 7.47. The Morgan fingerprint density at radius 1 is 1.21 bits per heavy atom. The van der Waals surface area contributed by atoms with E-state index in [0.29, 0.717) is 5.75 Å². The number of carbonyl (C=O) groups is 1. The summed E-state index contributed by atoms with van der Waals surface area (Å²) in [7, 11) is 0. The first kappa shape index (κ1) is 20.8. The number of nitrogens with one attached hydrogen (secondary N) is 2. The van der Waals surface area contributed by atoms with Crippen LogP contribution in [-0.2, 0) is 4.79 Å². The van der Waals surface area contributed by atoms with Crippen LogP contribution in [0.5, 0.6) is 0 Å². The van der Waals surface area contributed by atoms with E-state index in [-0.39, 0.29) is 11.9 Å². The molecule has 2 N–H and O–H groups in total. The lowest BCUT2D eigenvalue weighted by Crippen LogP contribution is -2.29. The normalized spacial score (nSPS) is 11.8. The van der Waals surface area contributed by atoms with Crippen molar-refractivity contribution in [3.8, 4) is 0 Å². The van der Waals surface area contributed by atoms with Gasteiger partial charge in [-0.2, -0.15) is 0 Å². The van der Waals surface area contributed by atoms with Gasteiger partial charge in [0.05, 0.1) is 11.8 Å². The maximum absolute atomic E-state index is 12.4. The number of thioether (sulfide) groups is 1. The number of nitrogens with zero attached hydrogens (tertiary/aromatic N) is 2. The molecular weight excluding hydrogens is 456 g/mol. The second-order valence-corrected chi connectivity index (χ2v) is 9.35. The monoisotopic (exact) mass is 476 g/mol. The average molecular weight is 477 g/mol. The minimum Gasteiger partial charge on any atom is -0.349 e. The van der Waals surface area contributed by atoms with Crippen LogP contribution in [0.15, 0.2) is 57.3 Å². The molecule has 28 heavy (non-hydrogen) atoms. The average Bonchev–Trinajstić information content (AvgIpc) is 3.12. The van der Waals surface area contributed by atoms with Crippen LogP contribution in [0.2, 0.25) is 0 Å². The number of halogens is 1. The number of amides is 1. The molecule has 0 saturated carbocycles. The fourth-order valence-corrected chi connectivity index (χ4v) is 4.49. The SMILES string of the molecule is CC[C@H](NC(=O)CSc1nnc(Nc2cccc(C)c2)s1)c1ccc(Br)cc1. The molecule has 5 nitrogen and oxygen atoms in total. The molecule has 0 aliphatic heterocycles. The van der Waals surface area contributed by atoms with E-state index < -0.39 is 0 Å². The highest BCUT2D eigenvalue weighted by molar-refractivity contribution is 9.10. The fraction of sp³-hybridized carbons (Fsp3) is 0.250. The van der Waals surface area contributed by atoms with E-state index in [1.165, 1.54) is 28.7 Å². The van der Waals surface area contributed by atoms with Gasteiger partial charge >= 0.3 is 0 Å². The van der Waals surface area contributed by atoms with Crippen molar-refractivity contribution >= 4 is 55.8 Å². The summed E-state index contributed by atoms with van der Waals surface area (Å²) in [6.45, 7) is 4.11. The molecule has 0 spiro atoms. The number of carbonyl (C=O) groups excluding carboxylic acids is 1. The van der Waals surface area contributed by atoms with Gasteiger partial charge < -0.3 is 10.6 Å². The Balaban J connectivity index is 1.51. The Morgan fingerprint density at radius 3 is 2.71 bits per heavy atom. The van der Waals surface area contributed by atoms with E-state index in [4.69, 9.17) is 0 Å². The minimum atomic E-state index is -0.0110. The molecule has 2 aromatic carbocycles. The van der Waals surface area contributed by atoms with Crippen molar-refractivity contribution < 1.29 is 4.79 Å². The summed E-state index contributed by atoms with van der Waals surface area (Å²) < 4.78 is 1.79. The second-order valence-electron chi connectivity index (χ2n) is 6.24. The molecule has 8 heteroatoms. The van der Waals surface area contributed by atoms with E-state index in [2.05, 4.69) is 49.8 Å². The molecule has 1 atom stereocenters. The van der Waals surface area contributed by atoms with Crippen molar-refractivity contribution in [3.05, 3.63) is 64.1 Å². The van der Waals surface area contributed by atoms with E-state index in [1.807, 2.05) is 49.4 Å². The van der Waals surface area contributed by atoms with Crippen LogP contribution in [-0.4, -0.2) is 21.9 Å². The molecule has 0 aliphatic carbocycles. The lowest BCUT2D eigenvalue weighted by molar-refractivity contribution is -0.119. The van der Waals surface area contributed by atoms with Crippen molar-refractivity contribution in [2.24, 2.45) is 0 Å². The van der Waals surface area contributed by atoms with Crippen LogP contribution in [0.4, 0.5) is 10.8 Å². The summed E-state index contributed by atoms with van der Waals surface area (Å²) >= 11 is 6.28. The molecule has 0 radical (unpaired) electrons. The van der Waals surface area contributed by atoms with E-state index in [1.54, 1.807) is 0 Å². The zero-order chi connectivity index (χ0) is 19.9. The molecule has 3 aromatic rings. The van der Waals surface area contributed by atoms with E-state index in [9.17, 15) is 4.79 Å². The van der Waals surface area contributed by atoms with E-state index >= 15 is 0 Å². The molecule has 0 unspecified atom stereocenters. The Labute approximate surface area is 181 Å². The third-order valence-electron chi connectivity index (χ3n) is 4.02. The van der Waals surface area contributed by atoms with Gasteiger partial charge in [0.2, 0.25) is 11.0 Å². The maximum atomic E-state index is 12.4. The van der Waals surface area contributed by atoms with Crippen LogP contribution in [0, 0.1) is 6.92 Å². The molecule has 0 fully saturated rings. The first-order valence-corrected chi connectivity index (χ1v) is 11.5. The smallest absolute Gasteiger partial charge is 0.230 e.